The van der Waals surface area contributed by atoms with E-state index in [4.69, 9.17) is 4.74 Å². The van der Waals surface area contributed by atoms with Crippen molar-refractivity contribution in [2.24, 2.45) is 7.05 Å². The predicted octanol–water partition coefficient (Wildman–Crippen LogP) is 2.13. The van der Waals surface area contributed by atoms with Gasteiger partial charge in [-0.1, -0.05) is 6.92 Å². The fraction of sp³-hybridized carbons (Fsp3) is 0.417. The minimum atomic E-state index is -0.678. The standard InChI is InChI=1S/C12H16N2O2S/c1-4-8-5-6-10(17-8)12(15)11-9(16-3)7-13-14(11)2/h5-7,12,15H,4H2,1-3H3. The summed E-state index contributed by atoms with van der Waals surface area (Å²) in [5, 5.41) is 14.4. The van der Waals surface area contributed by atoms with E-state index in [-0.39, 0.29) is 0 Å². The molecule has 1 atom stereocenters. The number of nitrogens with zero attached hydrogens (tertiary/aromatic N) is 2. The third-order valence-electron chi connectivity index (χ3n) is 2.73. The Morgan fingerprint density at radius 2 is 2.29 bits per heavy atom. The maximum Gasteiger partial charge on any atom is 0.163 e. The van der Waals surface area contributed by atoms with Gasteiger partial charge in [-0.15, -0.1) is 11.3 Å². The summed E-state index contributed by atoms with van der Waals surface area (Å²) in [5.74, 6) is 0.617. The Hall–Kier alpha value is -1.33. The van der Waals surface area contributed by atoms with Crippen LogP contribution in [0.3, 0.4) is 0 Å². The van der Waals surface area contributed by atoms with Crippen molar-refractivity contribution in [1.29, 1.82) is 0 Å². The number of hydrogen-bond donors (Lipinski definition) is 1. The smallest absolute Gasteiger partial charge is 0.163 e. The summed E-state index contributed by atoms with van der Waals surface area (Å²) >= 11 is 1.62. The lowest BCUT2D eigenvalue weighted by Crippen LogP contribution is -2.06. The summed E-state index contributed by atoms with van der Waals surface area (Å²) in [4.78, 5) is 2.18. The molecule has 0 aliphatic rings. The van der Waals surface area contributed by atoms with Gasteiger partial charge in [-0.25, -0.2) is 0 Å². The van der Waals surface area contributed by atoms with Crippen LogP contribution in [-0.2, 0) is 13.5 Å². The largest absolute Gasteiger partial charge is 0.493 e. The third-order valence-corrected chi connectivity index (χ3v) is 4.01. The monoisotopic (exact) mass is 252 g/mol. The van der Waals surface area contributed by atoms with E-state index in [1.54, 1.807) is 36.4 Å². The average Bonchev–Trinajstić information content (AvgIpc) is 2.94. The van der Waals surface area contributed by atoms with E-state index in [0.29, 0.717) is 11.4 Å². The van der Waals surface area contributed by atoms with Crippen LogP contribution in [0.15, 0.2) is 18.3 Å². The molecule has 1 unspecified atom stereocenters. The van der Waals surface area contributed by atoms with E-state index in [9.17, 15) is 5.11 Å². The van der Waals surface area contributed by atoms with Crippen LogP contribution in [-0.4, -0.2) is 22.0 Å². The Labute approximate surface area is 104 Å². The molecule has 5 heteroatoms. The molecule has 1 N–H and O–H groups in total. The number of aryl methyl sites for hydroxylation is 2. The summed E-state index contributed by atoms with van der Waals surface area (Å²) < 4.78 is 6.85. The molecule has 0 bridgehead atoms. The Morgan fingerprint density at radius 1 is 1.53 bits per heavy atom. The van der Waals surface area contributed by atoms with Crippen LogP contribution >= 0.6 is 11.3 Å². The van der Waals surface area contributed by atoms with Gasteiger partial charge in [0.2, 0.25) is 0 Å². The number of ether oxygens (including phenoxy) is 1. The SMILES string of the molecule is CCc1ccc(C(O)c2c(OC)cnn2C)s1. The third kappa shape index (κ3) is 2.21. The summed E-state index contributed by atoms with van der Waals surface area (Å²) in [6.45, 7) is 2.10. The first-order valence-electron chi connectivity index (χ1n) is 5.50. The molecule has 0 fully saturated rings. The van der Waals surface area contributed by atoms with Crippen LogP contribution in [0.4, 0.5) is 0 Å². The fourth-order valence-corrected chi connectivity index (χ4v) is 2.70. The Kier molecular flexibility index (Phi) is 3.49. The fourth-order valence-electron chi connectivity index (χ4n) is 1.76. The number of aliphatic hydroxyl groups is 1. The van der Waals surface area contributed by atoms with Gasteiger partial charge in [0.05, 0.1) is 13.3 Å². The second kappa shape index (κ2) is 4.89. The molecule has 2 heterocycles. The first kappa shape index (κ1) is 12.1. The van der Waals surface area contributed by atoms with Gasteiger partial charge in [-0.2, -0.15) is 5.10 Å². The number of methoxy groups -OCH3 is 1. The molecule has 0 saturated carbocycles. The van der Waals surface area contributed by atoms with Gasteiger partial charge in [-0.05, 0) is 18.6 Å². The van der Waals surface area contributed by atoms with Gasteiger partial charge in [-0.3, -0.25) is 4.68 Å². The lowest BCUT2D eigenvalue weighted by molar-refractivity contribution is 0.208. The van der Waals surface area contributed by atoms with Gasteiger partial charge in [0.25, 0.3) is 0 Å². The number of hydrogen-bond acceptors (Lipinski definition) is 4. The summed E-state index contributed by atoms with van der Waals surface area (Å²) in [6, 6.07) is 4.01. The Morgan fingerprint density at radius 3 is 2.88 bits per heavy atom. The van der Waals surface area contributed by atoms with Crippen molar-refractivity contribution in [2.75, 3.05) is 7.11 Å². The summed E-state index contributed by atoms with van der Waals surface area (Å²) in [6.07, 6.45) is 1.93. The van der Waals surface area contributed by atoms with Gasteiger partial charge >= 0.3 is 0 Å². The van der Waals surface area contributed by atoms with E-state index in [0.717, 1.165) is 11.3 Å². The maximum atomic E-state index is 10.4. The molecule has 92 valence electrons. The molecule has 0 saturated heterocycles. The van der Waals surface area contributed by atoms with Gasteiger partial charge in [0, 0.05) is 16.8 Å². The molecule has 0 amide bonds. The molecule has 17 heavy (non-hydrogen) atoms. The topological polar surface area (TPSA) is 47.3 Å². The zero-order chi connectivity index (χ0) is 12.4. The molecule has 4 nitrogen and oxygen atoms in total. The highest BCUT2D eigenvalue weighted by Crippen LogP contribution is 2.33. The summed E-state index contributed by atoms with van der Waals surface area (Å²) in [5.41, 5.74) is 0.692. The van der Waals surface area contributed by atoms with Crippen molar-refractivity contribution in [2.45, 2.75) is 19.4 Å². The highest BCUT2D eigenvalue weighted by Gasteiger charge is 2.21. The van der Waals surface area contributed by atoms with Crippen LogP contribution in [0.2, 0.25) is 0 Å². The summed E-state index contributed by atoms with van der Waals surface area (Å²) in [7, 11) is 3.38. The zero-order valence-electron chi connectivity index (χ0n) is 10.2. The van der Waals surface area contributed by atoms with E-state index >= 15 is 0 Å². The minimum absolute atomic E-state index is 0.617. The molecule has 0 aromatic carbocycles. The normalized spacial score (nSPS) is 12.7. The number of rotatable bonds is 4. The second-order valence-corrected chi connectivity index (χ2v) is 4.98. The zero-order valence-corrected chi connectivity index (χ0v) is 11.0. The Balaban J connectivity index is 2.35. The van der Waals surface area contributed by atoms with Crippen molar-refractivity contribution in [3.05, 3.63) is 33.8 Å². The van der Waals surface area contributed by atoms with Crippen molar-refractivity contribution in [1.82, 2.24) is 9.78 Å². The van der Waals surface area contributed by atoms with Crippen LogP contribution in [0.1, 0.15) is 28.5 Å². The van der Waals surface area contributed by atoms with Crippen molar-refractivity contribution in [3.63, 3.8) is 0 Å². The minimum Gasteiger partial charge on any atom is -0.493 e. The van der Waals surface area contributed by atoms with Gasteiger partial charge < -0.3 is 9.84 Å². The number of thiophene rings is 1. The first-order chi connectivity index (χ1) is 8.17. The average molecular weight is 252 g/mol. The van der Waals surface area contributed by atoms with E-state index in [1.165, 1.54) is 4.88 Å². The first-order valence-corrected chi connectivity index (χ1v) is 6.31. The lowest BCUT2D eigenvalue weighted by Gasteiger charge is -2.11. The van der Waals surface area contributed by atoms with Gasteiger partial charge in [0.1, 0.15) is 11.8 Å². The van der Waals surface area contributed by atoms with Gasteiger partial charge in [0.15, 0.2) is 5.75 Å². The van der Waals surface area contributed by atoms with Crippen LogP contribution in [0.5, 0.6) is 5.75 Å². The number of aromatic nitrogens is 2. The molecule has 0 spiro atoms. The highest BCUT2D eigenvalue weighted by atomic mass is 32.1. The van der Waals surface area contributed by atoms with Crippen molar-refractivity contribution >= 4 is 11.3 Å². The van der Waals surface area contributed by atoms with E-state index in [2.05, 4.69) is 12.0 Å². The number of aliphatic hydroxyl groups excluding tert-OH is 1. The van der Waals surface area contributed by atoms with Crippen LogP contribution in [0, 0.1) is 0 Å². The molecular weight excluding hydrogens is 236 g/mol. The molecule has 2 aromatic heterocycles. The lowest BCUT2D eigenvalue weighted by atomic mass is 10.2. The molecule has 0 radical (unpaired) electrons. The van der Waals surface area contributed by atoms with E-state index in [1.807, 2.05) is 12.1 Å². The molecular formula is C12H16N2O2S. The van der Waals surface area contributed by atoms with Crippen LogP contribution in [0.25, 0.3) is 0 Å². The molecule has 0 aliphatic carbocycles. The maximum absolute atomic E-state index is 10.4. The van der Waals surface area contributed by atoms with Crippen LogP contribution < -0.4 is 4.74 Å². The molecule has 2 rings (SSSR count). The predicted molar refractivity (Wildman–Crippen MR) is 67.5 cm³/mol. The Bertz CT molecular complexity index is 504. The van der Waals surface area contributed by atoms with Crippen molar-refractivity contribution in [3.8, 4) is 5.75 Å². The molecule has 2 aromatic rings. The molecule has 0 aliphatic heterocycles. The highest BCUT2D eigenvalue weighted by molar-refractivity contribution is 7.12. The van der Waals surface area contributed by atoms with E-state index < -0.39 is 6.10 Å². The van der Waals surface area contributed by atoms with Crippen molar-refractivity contribution < 1.29 is 9.84 Å². The quantitative estimate of drug-likeness (QED) is 0.906. The second-order valence-electron chi connectivity index (χ2n) is 3.78.